The van der Waals surface area contributed by atoms with Gasteiger partial charge < -0.3 is 15.4 Å². The van der Waals surface area contributed by atoms with Crippen molar-refractivity contribution < 1.29 is 9.90 Å². The van der Waals surface area contributed by atoms with Crippen molar-refractivity contribution in [3.05, 3.63) is 60.0 Å². The van der Waals surface area contributed by atoms with Crippen LogP contribution in [0.25, 0.3) is 10.9 Å². The Balaban J connectivity index is 1.71. The lowest BCUT2D eigenvalue weighted by molar-refractivity contribution is 0.0949. The molecule has 106 valence electrons. The molecule has 0 saturated carbocycles. The number of hydrogen-bond acceptors (Lipinski definition) is 3. The predicted octanol–water partition coefficient (Wildman–Crippen LogP) is 2.24. The maximum atomic E-state index is 12.1. The molecule has 1 amide bonds. The highest BCUT2D eigenvalue weighted by molar-refractivity contribution is 5.95. The second-order valence-corrected chi connectivity index (χ2v) is 4.77. The van der Waals surface area contributed by atoms with Gasteiger partial charge in [0.15, 0.2) is 0 Å². The molecule has 21 heavy (non-hydrogen) atoms. The zero-order chi connectivity index (χ0) is 14.7. The van der Waals surface area contributed by atoms with Gasteiger partial charge in [0.25, 0.3) is 5.91 Å². The summed E-state index contributed by atoms with van der Waals surface area (Å²) in [6, 6.07) is 10.6. The van der Waals surface area contributed by atoms with Gasteiger partial charge in [0, 0.05) is 24.3 Å². The Bertz CT molecular complexity index is 766. The van der Waals surface area contributed by atoms with E-state index in [2.05, 4.69) is 15.3 Å². The van der Waals surface area contributed by atoms with Gasteiger partial charge in [0.2, 0.25) is 0 Å². The maximum absolute atomic E-state index is 12.1. The van der Waals surface area contributed by atoms with E-state index in [4.69, 9.17) is 0 Å². The number of nitrogens with one attached hydrogen (secondary N) is 2. The normalized spacial score (nSPS) is 10.7. The molecular weight excluding hydrogens is 266 g/mol. The molecule has 0 atom stereocenters. The highest BCUT2D eigenvalue weighted by atomic mass is 16.3. The number of carbonyl (C=O) groups excluding carboxylic acids is 1. The van der Waals surface area contributed by atoms with Crippen molar-refractivity contribution in [2.24, 2.45) is 0 Å². The van der Waals surface area contributed by atoms with Gasteiger partial charge in [0.05, 0.1) is 0 Å². The molecular formula is C16H15N3O2. The summed E-state index contributed by atoms with van der Waals surface area (Å²) >= 11 is 0. The van der Waals surface area contributed by atoms with E-state index in [1.165, 1.54) is 0 Å². The Morgan fingerprint density at radius 2 is 2.14 bits per heavy atom. The van der Waals surface area contributed by atoms with Gasteiger partial charge in [-0.05, 0) is 30.2 Å². The first kappa shape index (κ1) is 13.2. The monoisotopic (exact) mass is 281 g/mol. The summed E-state index contributed by atoms with van der Waals surface area (Å²) in [6.07, 6.45) is 4.51. The molecule has 0 radical (unpaired) electrons. The van der Waals surface area contributed by atoms with Crippen LogP contribution in [0.5, 0.6) is 5.75 Å². The molecule has 2 aromatic heterocycles. The highest BCUT2D eigenvalue weighted by Crippen LogP contribution is 2.22. The Morgan fingerprint density at radius 1 is 1.24 bits per heavy atom. The van der Waals surface area contributed by atoms with E-state index in [1.807, 2.05) is 24.5 Å². The molecule has 0 bridgehead atoms. The van der Waals surface area contributed by atoms with E-state index in [9.17, 15) is 9.90 Å². The topological polar surface area (TPSA) is 78.0 Å². The zero-order valence-corrected chi connectivity index (χ0v) is 11.3. The number of aromatic nitrogens is 2. The number of fused-ring (bicyclic) bond motifs is 1. The van der Waals surface area contributed by atoms with E-state index in [1.54, 1.807) is 24.3 Å². The number of aromatic amines is 1. The fourth-order valence-corrected chi connectivity index (χ4v) is 2.18. The van der Waals surface area contributed by atoms with Crippen LogP contribution in [0.15, 0.2) is 48.8 Å². The number of benzene rings is 1. The van der Waals surface area contributed by atoms with E-state index in [-0.39, 0.29) is 11.7 Å². The highest BCUT2D eigenvalue weighted by Gasteiger charge is 2.09. The van der Waals surface area contributed by atoms with Crippen LogP contribution in [0.4, 0.5) is 0 Å². The summed E-state index contributed by atoms with van der Waals surface area (Å²) < 4.78 is 0. The summed E-state index contributed by atoms with van der Waals surface area (Å²) in [5.41, 5.74) is 1.88. The minimum Gasteiger partial charge on any atom is -0.506 e. The SMILES string of the molecule is O=C(NCCc1cc[nH]c1)c1ccc2cccc(O)c2n1. The fourth-order valence-electron chi connectivity index (χ4n) is 2.18. The largest absolute Gasteiger partial charge is 0.506 e. The number of nitrogens with zero attached hydrogens (tertiary/aromatic N) is 1. The van der Waals surface area contributed by atoms with E-state index in [0.717, 1.165) is 17.4 Å². The van der Waals surface area contributed by atoms with Crippen molar-refractivity contribution in [3.63, 3.8) is 0 Å². The van der Waals surface area contributed by atoms with Crippen molar-refractivity contribution >= 4 is 16.8 Å². The molecule has 3 rings (SSSR count). The average Bonchev–Trinajstić information content (AvgIpc) is 3.00. The van der Waals surface area contributed by atoms with Crippen LogP contribution < -0.4 is 5.32 Å². The summed E-state index contributed by atoms with van der Waals surface area (Å²) in [5, 5.41) is 13.4. The van der Waals surface area contributed by atoms with Crippen molar-refractivity contribution in [1.82, 2.24) is 15.3 Å². The molecule has 0 unspecified atom stereocenters. The third-order valence-corrected chi connectivity index (χ3v) is 3.29. The van der Waals surface area contributed by atoms with Gasteiger partial charge in [-0.15, -0.1) is 0 Å². The number of para-hydroxylation sites is 1. The average molecular weight is 281 g/mol. The number of carbonyl (C=O) groups is 1. The standard InChI is InChI=1S/C16H15N3O2/c20-14-3-1-2-12-4-5-13(19-15(12)14)16(21)18-9-7-11-6-8-17-10-11/h1-6,8,10,17,20H,7,9H2,(H,18,21). The van der Waals surface area contributed by atoms with Gasteiger partial charge >= 0.3 is 0 Å². The van der Waals surface area contributed by atoms with Crippen molar-refractivity contribution in [2.75, 3.05) is 6.54 Å². The first-order chi connectivity index (χ1) is 10.2. The summed E-state index contributed by atoms with van der Waals surface area (Å²) in [4.78, 5) is 19.3. The fraction of sp³-hybridized carbons (Fsp3) is 0.125. The third kappa shape index (κ3) is 2.86. The molecule has 0 fully saturated rings. The number of hydrogen-bond donors (Lipinski definition) is 3. The molecule has 3 aromatic rings. The molecule has 1 aromatic carbocycles. The smallest absolute Gasteiger partial charge is 0.269 e. The van der Waals surface area contributed by atoms with Gasteiger partial charge in [-0.2, -0.15) is 0 Å². The van der Waals surface area contributed by atoms with Crippen LogP contribution in [0.2, 0.25) is 0 Å². The van der Waals surface area contributed by atoms with Crippen molar-refractivity contribution in [2.45, 2.75) is 6.42 Å². The first-order valence-corrected chi connectivity index (χ1v) is 6.72. The molecule has 2 heterocycles. The van der Waals surface area contributed by atoms with Crippen LogP contribution in [-0.4, -0.2) is 27.5 Å². The molecule has 5 heteroatoms. The Kier molecular flexibility index (Phi) is 3.55. The number of aromatic hydroxyl groups is 1. The number of pyridine rings is 1. The summed E-state index contributed by atoms with van der Waals surface area (Å²) in [6.45, 7) is 0.539. The second-order valence-electron chi connectivity index (χ2n) is 4.77. The van der Waals surface area contributed by atoms with Crippen molar-refractivity contribution in [3.8, 4) is 5.75 Å². The maximum Gasteiger partial charge on any atom is 0.269 e. The number of H-pyrrole nitrogens is 1. The number of phenols is 1. The first-order valence-electron chi connectivity index (χ1n) is 6.72. The second kappa shape index (κ2) is 5.66. The van der Waals surface area contributed by atoms with E-state index < -0.39 is 0 Å². The molecule has 5 nitrogen and oxygen atoms in total. The van der Waals surface area contributed by atoms with Crippen LogP contribution in [0.3, 0.4) is 0 Å². The van der Waals surface area contributed by atoms with Crippen LogP contribution in [0.1, 0.15) is 16.1 Å². The van der Waals surface area contributed by atoms with Gasteiger partial charge in [0.1, 0.15) is 17.0 Å². The molecule has 0 aliphatic carbocycles. The molecule has 0 saturated heterocycles. The molecule has 3 N–H and O–H groups in total. The lowest BCUT2D eigenvalue weighted by atomic mass is 10.2. The number of phenolic OH excluding ortho intramolecular Hbond substituents is 1. The zero-order valence-electron chi connectivity index (χ0n) is 11.3. The number of amides is 1. The summed E-state index contributed by atoms with van der Waals surface area (Å²) in [7, 11) is 0. The lowest BCUT2D eigenvalue weighted by Crippen LogP contribution is -2.26. The molecule has 0 aliphatic heterocycles. The minimum atomic E-state index is -0.240. The summed E-state index contributed by atoms with van der Waals surface area (Å²) in [5.74, 6) is -0.162. The lowest BCUT2D eigenvalue weighted by Gasteiger charge is -2.06. The minimum absolute atomic E-state index is 0.0782. The van der Waals surface area contributed by atoms with Gasteiger partial charge in [-0.3, -0.25) is 4.79 Å². The number of rotatable bonds is 4. The van der Waals surface area contributed by atoms with Gasteiger partial charge in [-0.1, -0.05) is 18.2 Å². The quantitative estimate of drug-likeness (QED) is 0.686. The Hall–Kier alpha value is -2.82. The van der Waals surface area contributed by atoms with E-state index in [0.29, 0.717) is 17.8 Å². The van der Waals surface area contributed by atoms with Crippen LogP contribution >= 0.6 is 0 Å². The molecule has 0 aliphatic rings. The third-order valence-electron chi connectivity index (χ3n) is 3.29. The molecule has 0 spiro atoms. The Morgan fingerprint density at radius 3 is 2.95 bits per heavy atom. The predicted molar refractivity (Wildman–Crippen MR) is 80.2 cm³/mol. The van der Waals surface area contributed by atoms with Crippen LogP contribution in [-0.2, 0) is 6.42 Å². The van der Waals surface area contributed by atoms with Crippen molar-refractivity contribution in [1.29, 1.82) is 0 Å². The Labute approximate surface area is 121 Å². The van der Waals surface area contributed by atoms with E-state index >= 15 is 0 Å². The van der Waals surface area contributed by atoms with Gasteiger partial charge in [-0.25, -0.2) is 4.98 Å². The van der Waals surface area contributed by atoms with Crippen LogP contribution in [0, 0.1) is 0 Å².